The van der Waals surface area contributed by atoms with Gasteiger partial charge in [0, 0.05) is 23.8 Å². The molecule has 1 aliphatic heterocycles. The molecule has 5 heteroatoms. The third-order valence-electron chi connectivity index (χ3n) is 4.66. The first-order chi connectivity index (χ1) is 9.92. The number of hydrogen-bond acceptors (Lipinski definition) is 4. The highest BCUT2D eigenvalue weighted by Gasteiger charge is 2.36. The molecule has 3 fully saturated rings. The first kappa shape index (κ1) is 13.1. The maximum atomic E-state index is 4.48. The summed E-state index contributed by atoms with van der Waals surface area (Å²) in [6, 6.07) is 1.45. The zero-order chi connectivity index (χ0) is 13.4. The molecule has 1 unspecified atom stereocenters. The van der Waals surface area contributed by atoms with Gasteiger partial charge in [-0.3, -0.25) is 0 Å². The van der Waals surface area contributed by atoms with E-state index < -0.39 is 0 Å². The third kappa shape index (κ3) is 2.89. The minimum Gasteiger partial charge on any atom is -0.314 e. The van der Waals surface area contributed by atoms with Gasteiger partial charge < -0.3 is 9.88 Å². The molecule has 1 N–H and O–H groups in total. The van der Waals surface area contributed by atoms with Crippen molar-refractivity contribution in [2.24, 2.45) is 0 Å². The summed E-state index contributed by atoms with van der Waals surface area (Å²) in [5.74, 6) is 3.18. The molecule has 1 aromatic rings. The van der Waals surface area contributed by atoms with Gasteiger partial charge in [-0.15, -0.1) is 10.2 Å². The van der Waals surface area contributed by atoms with Crippen LogP contribution in [-0.2, 0) is 0 Å². The summed E-state index contributed by atoms with van der Waals surface area (Å²) in [5, 5.41) is 13.8. The van der Waals surface area contributed by atoms with Gasteiger partial charge in [0.2, 0.25) is 0 Å². The Balaban J connectivity index is 1.36. The number of hydrogen-bond donors (Lipinski definition) is 1. The molecule has 0 amide bonds. The summed E-state index contributed by atoms with van der Waals surface area (Å²) in [7, 11) is 0. The van der Waals surface area contributed by atoms with E-state index in [1.165, 1.54) is 74.6 Å². The maximum absolute atomic E-state index is 4.48. The molecule has 2 heterocycles. The van der Waals surface area contributed by atoms with Crippen LogP contribution in [-0.4, -0.2) is 33.1 Å². The minimum atomic E-state index is 0.718. The van der Waals surface area contributed by atoms with Gasteiger partial charge >= 0.3 is 0 Å². The number of aromatic nitrogens is 3. The van der Waals surface area contributed by atoms with Crippen LogP contribution in [0.1, 0.15) is 69.2 Å². The second kappa shape index (κ2) is 5.68. The van der Waals surface area contributed by atoms with E-state index in [1.807, 2.05) is 11.8 Å². The van der Waals surface area contributed by atoms with Gasteiger partial charge in [0.25, 0.3) is 0 Å². The van der Waals surface area contributed by atoms with Gasteiger partial charge in [-0.1, -0.05) is 18.2 Å². The number of thioether (sulfide) groups is 1. The highest BCUT2D eigenvalue weighted by Crippen LogP contribution is 2.46. The van der Waals surface area contributed by atoms with Crippen LogP contribution in [0.2, 0.25) is 0 Å². The third-order valence-corrected chi connectivity index (χ3v) is 5.63. The lowest BCUT2D eigenvalue weighted by Gasteiger charge is -2.23. The van der Waals surface area contributed by atoms with Crippen LogP contribution in [0.25, 0.3) is 0 Å². The second-order valence-electron chi connectivity index (χ2n) is 6.50. The number of rotatable bonds is 6. The average molecular weight is 292 g/mol. The first-order valence-corrected chi connectivity index (χ1v) is 9.21. The molecule has 0 spiro atoms. The van der Waals surface area contributed by atoms with Crippen molar-refractivity contribution in [3.63, 3.8) is 0 Å². The molecule has 2 saturated carbocycles. The summed E-state index contributed by atoms with van der Waals surface area (Å²) in [6.45, 7) is 1.21. The molecule has 0 aromatic carbocycles. The van der Waals surface area contributed by atoms with Crippen LogP contribution >= 0.6 is 11.8 Å². The van der Waals surface area contributed by atoms with E-state index in [0.29, 0.717) is 0 Å². The zero-order valence-corrected chi connectivity index (χ0v) is 12.9. The highest BCUT2D eigenvalue weighted by molar-refractivity contribution is 7.99. The fourth-order valence-corrected chi connectivity index (χ4v) is 4.21. The van der Waals surface area contributed by atoms with Gasteiger partial charge in [-0.2, -0.15) is 0 Å². The van der Waals surface area contributed by atoms with Crippen LogP contribution < -0.4 is 5.32 Å². The molecule has 4 rings (SSSR count). The molecule has 2 aliphatic carbocycles. The minimum absolute atomic E-state index is 0.718. The molecule has 20 heavy (non-hydrogen) atoms. The molecule has 0 radical (unpaired) electrons. The normalized spacial score (nSPS) is 26.9. The summed E-state index contributed by atoms with van der Waals surface area (Å²) in [6.07, 6.45) is 10.7. The number of piperidine rings is 1. The van der Waals surface area contributed by atoms with E-state index >= 15 is 0 Å². The molecular weight excluding hydrogens is 268 g/mol. The summed E-state index contributed by atoms with van der Waals surface area (Å²) >= 11 is 1.92. The van der Waals surface area contributed by atoms with E-state index in [2.05, 4.69) is 20.1 Å². The highest BCUT2D eigenvalue weighted by atomic mass is 32.2. The average Bonchev–Trinajstić information content (AvgIpc) is 3.40. The van der Waals surface area contributed by atoms with E-state index in [1.54, 1.807) is 0 Å². The summed E-state index contributed by atoms with van der Waals surface area (Å²) in [5.41, 5.74) is 0. The van der Waals surface area contributed by atoms with Gasteiger partial charge in [-0.25, -0.2) is 0 Å². The standard InChI is InChI=1S/C15H24N4S/c1-2-9-16-12(3-1)8-10-20-15-18-17-14(11-4-5-11)19(15)13-6-7-13/h11-13,16H,1-10H2. The van der Waals surface area contributed by atoms with E-state index in [9.17, 15) is 0 Å². The summed E-state index contributed by atoms with van der Waals surface area (Å²) in [4.78, 5) is 0. The van der Waals surface area contributed by atoms with E-state index in [4.69, 9.17) is 0 Å². The summed E-state index contributed by atoms with van der Waals surface area (Å²) < 4.78 is 2.47. The number of nitrogens with one attached hydrogen (secondary N) is 1. The van der Waals surface area contributed by atoms with Crippen molar-refractivity contribution >= 4 is 11.8 Å². The molecule has 3 aliphatic rings. The Labute approximate surface area is 125 Å². The smallest absolute Gasteiger partial charge is 0.191 e. The quantitative estimate of drug-likeness (QED) is 0.818. The second-order valence-corrected chi connectivity index (χ2v) is 7.56. The lowest BCUT2D eigenvalue weighted by atomic mass is 10.0. The Morgan fingerprint density at radius 1 is 1.10 bits per heavy atom. The van der Waals surface area contributed by atoms with Crippen LogP contribution in [0.3, 0.4) is 0 Å². The molecule has 1 saturated heterocycles. The van der Waals surface area contributed by atoms with Crippen molar-refractivity contribution in [3.05, 3.63) is 5.82 Å². The molecule has 110 valence electrons. The topological polar surface area (TPSA) is 42.7 Å². The molecule has 1 atom stereocenters. The maximum Gasteiger partial charge on any atom is 0.191 e. The van der Waals surface area contributed by atoms with Crippen molar-refractivity contribution in [2.75, 3.05) is 12.3 Å². The van der Waals surface area contributed by atoms with Gasteiger partial charge in [0.15, 0.2) is 5.16 Å². The van der Waals surface area contributed by atoms with Crippen molar-refractivity contribution in [3.8, 4) is 0 Å². The van der Waals surface area contributed by atoms with Crippen LogP contribution in [0.4, 0.5) is 0 Å². The monoisotopic (exact) mass is 292 g/mol. The van der Waals surface area contributed by atoms with Gasteiger partial charge in [0.05, 0.1) is 0 Å². The van der Waals surface area contributed by atoms with Crippen LogP contribution in [0, 0.1) is 0 Å². The molecule has 1 aromatic heterocycles. The van der Waals surface area contributed by atoms with Crippen molar-refractivity contribution in [2.45, 2.75) is 74.5 Å². The predicted octanol–water partition coefficient (Wildman–Crippen LogP) is 3.11. The van der Waals surface area contributed by atoms with Crippen molar-refractivity contribution in [1.29, 1.82) is 0 Å². The number of nitrogens with zero attached hydrogens (tertiary/aromatic N) is 3. The van der Waals surface area contributed by atoms with Crippen molar-refractivity contribution in [1.82, 2.24) is 20.1 Å². The van der Waals surface area contributed by atoms with Gasteiger partial charge in [0.1, 0.15) is 5.82 Å². The Kier molecular flexibility index (Phi) is 3.73. The lowest BCUT2D eigenvalue weighted by Crippen LogP contribution is -2.34. The Bertz CT molecular complexity index is 458. The Morgan fingerprint density at radius 3 is 2.70 bits per heavy atom. The Morgan fingerprint density at radius 2 is 2.00 bits per heavy atom. The molecular formula is C15H24N4S. The zero-order valence-electron chi connectivity index (χ0n) is 12.1. The lowest BCUT2D eigenvalue weighted by molar-refractivity contribution is 0.394. The fourth-order valence-electron chi connectivity index (χ4n) is 3.15. The fraction of sp³-hybridized carbons (Fsp3) is 0.867. The van der Waals surface area contributed by atoms with E-state index in [0.717, 1.165) is 18.0 Å². The van der Waals surface area contributed by atoms with Crippen LogP contribution in [0.15, 0.2) is 5.16 Å². The molecule has 0 bridgehead atoms. The largest absolute Gasteiger partial charge is 0.314 e. The first-order valence-electron chi connectivity index (χ1n) is 8.23. The van der Waals surface area contributed by atoms with Crippen LogP contribution in [0.5, 0.6) is 0 Å². The Hall–Kier alpha value is -0.550. The predicted molar refractivity (Wildman–Crippen MR) is 81.3 cm³/mol. The van der Waals surface area contributed by atoms with E-state index in [-0.39, 0.29) is 0 Å². The SMILES string of the molecule is C1CCC(CCSc2nnc(C3CC3)n2C2CC2)NC1. The molecule has 4 nitrogen and oxygen atoms in total. The van der Waals surface area contributed by atoms with Gasteiger partial charge in [-0.05, 0) is 51.5 Å². The van der Waals surface area contributed by atoms with Crippen molar-refractivity contribution < 1.29 is 0 Å².